The Morgan fingerprint density at radius 2 is 1.84 bits per heavy atom. The minimum Gasteiger partial charge on any atom is -0.349 e. The fraction of sp³-hybridized carbons (Fsp3) is 0.440. The van der Waals surface area contributed by atoms with Gasteiger partial charge in [0.15, 0.2) is 9.84 Å². The molecule has 1 amide bonds. The zero-order valence-corrected chi connectivity index (χ0v) is 19.8. The van der Waals surface area contributed by atoms with Crippen LogP contribution in [0.1, 0.15) is 54.8 Å². The van der Waals surface area contributed by atoms with Crippen molar-refractivity contribution < 1.29 is 13.2 Å². The number of sulfone groups is 1. The van der Waals surface area contributed by atoms with Crippen molar-refractivity contribution in [2.24, 2.45) is 5.92 Å². The normalized spacial score (nSPS) is 15.8. The maximum atomic E-state index is 12.1. The maximum Gasteiger partial charge on any atom is 0.226 e. The summed E-state index contributed by atoms with van der Waals surface area (Å²) in [5.74, 6) is 0.863. The molecule has 1 fully saturated rings. The molecule has 0 aliphatic heterocycles. The number of hydrogen-bond acceptors (Lipinski definition) is 4. The molecule has 4 rings (SSSR count). The van der Waals surface area contributed by atoms with E-state index in [-0.39, 0.29) is 11.8 Å². The van der Waals surface area contributed by atoms with Gasteiger partial charge in [-0.25, -0.2) is 13.4 Å². The van der Waals surface area contributed by atoms with Crippen LogP contribution in [-0.4, -0.2) is 49.5 Å². The van der Waals surface area contributed by atoms with E-state index in [0.717, 1.165) is 34.3 Å². The predicted octanol–water partition coefficient (Wildman–Crippen LogP) is 4.31. The smallest absolute Gasteiger partial charge is 0.226 e. The fourth-order valence-corrected chi connectivity index (χ4v) is 5.30. The van der Waals surface area contributed by atoms with Gasteiger partial charge in [-0.2, -0.15) is 0 Å². The van der Waals surface area contributed by atoms with E-state index in [2.05, 4.69) is 16.0 Å². The molecule has 0 bridgehead atoms. The highest BCUT2D eigenvalue weighted by Crippen LogP contribution is 2.38. The first-order chi connectivity index (χ1) is 15.2. The molecule has 1 unspecified atom stereocenters. The Kier molecular flexibility index (Phi) is 6.38. The molecule has 0 spiro atoms. The summed E-state index contributed by atoms with van der Waals surface area (Å²) >= 11 is 0. The summed E-state index contributed by atoms with van der Waals surface area (Å²) in [5.41, 5.74) is 3.90. The standard InChI is InChI=1S/C25H31N3O3S/c1-28(2)24(29)14-18-12-20-15-23(27-25(20)26-16-18)22(13-17-6-4-5-7-17)19-8-10-21(11-9-19)32(3,30)31/h8-12,15-17,22H,4-7,13-14H2,1-3H3,(H,26,27). The lowest BCUT2D eigenvalue weighted by Gasteiger charge is -2.20. The Morgan fingerprint density at radius 1 is 1.16 bits per heavy atom. The number of aromatic amines is 1. The molecule has 32 heavy (non-hydrogen) atoms. The van der Waals surface area contributed by atoms with Crippen LogP contribution in [0.25, 0.3) is 11.0 Å². The zero-order chi connectivity index (χ0) is 22.9. The Morgan fingerprint density at radius 3 is 2.47 bits per heavy atom. The number of carbonyl (C=O) groups excluding carboxylic acids is 1. The molecule has 2 heterocycles. The first-order valence-electron chi connectivity index (χ1n) is 11.2. The maximum absolute atomic E-state index is 12.1. The van der Waals surface area contributed by atoms with Crippen LogP contribution >= 0.6 is 0 Å². The number of likely N-dealkylation sites (N-methyl/N-ethyl adjacent to an activating group) is 1. The molecule has 170 valence electrons. The van der Waals surface area contributed by atoms with E-state index in [1.54, 1.807) is 37.3 Å². The van der Waals surface area contributed by atoms with Crippen LogP contribution in [0.2, 0.25) is 0 Å². The zero-order valence-electron chi connectivity index (χ0n) is 19.0. The molecule has 3 aromatic rings. The number of H-pyrrole nitrogens is 1. The average Bonchev–Trinajstić information content (AvgIpc) is 3.40. The molecule has 2 aromatic heterocycles. The van der Waals surface area contributed by atoms with Crippen molar-refractivity contribution in [3.63, 3.8) is 0 Å². The summed E-state index contributed by atoms with van der Waals surface area (Å²) in [5, 5.41) is 0.994. The van der Waals surface area contributed by atoms with Crippen molar-refractivity contribution in [3.8, 4) is 0 Å². The summed E-state index contributed by atoms with van der Waals surface area (Å²) in [6.45, 7) is 0. The van der Waals surface area contributed by atoms with Crippen LogP contribution < -0.4 is 0 Å². The summed E-state index contributed by atoms with van der Waals surface area (Å²) in [6.07, 6.45) is 9.40. The number of nitrogens with zero attached hydrogens (tertiary/aromatic N) is 2. The van der Waals surface area contributed by atoms with Crippen molar-refractivity contribution in [2.75, 3.05) is 20.4 Å². The molecule has 1 N–H and O–H groups in total. The Hall–Kier alpha value is -2.67. The lowest BCUT2D eigenvalue weighted by Crippen LogP contribution is -2.23. The van der Waals surface area contributed by atoms with Gasteiger partial charge in [-0.05, 0) is 47.7 Å². The van der Waals surface area contributed by atoms with Gasteiger partial charge >= 0.3 is 0 Å². The van der Waals surface area contributed by atoms with E-state index < -0.39 is 9.84 Å². The van der Waals surface area contributed by atoms with Crippen molar-refractivity contribution >= 4 is 26.8 Å². The molecule has 6 nitrogen and oxygen atoms in total. The highest BCUT2D eigenvalue weighted by Gasteiger charge is 2.24. The predicted molar refractivity (Wildman–Crippen MR) is 126 cm³/mol. The van der Waals surface area contributed by atoms with Gasteiger partial charge in [-0.1, -0.05) is 37.8 Å². The first-order valence-corrected chi connectivity index (χ1v) is 13.1. The highest BCUT2D eigenvalue weighted by molar-refractivity contribution is 7.90. The van der Waals surface area contributed by atoms with Crippen molar-refractivity contribution in [1.29, 1.82) is 0 Å². The van der Waals surface area contributed by atoms with E-state index in [1.165, 1.54) is 31.9 Å². The minimum atomic E-state index is -3.22. The number of nitrogens with one attached hydrogen (secondary N) is 1. The lowest BCUT2D eigenvalue weighted by atomic mass is 9.85. The van der Waals surface area contributed by atoms with Crippen molar-refractivity contribution in [3.05, 3.63) is 59.4 Å². The SMILES string of the molecule is CN(C)C(=O)Cc1cnc2[nH]c(C(CC3CCCC3)c3ccc(S(C)(=O)=O)cc3)cc2c1. The number of carbonyl (C=O) groups is 1. The lowest BCUT2D eigenvalue weighted by molar-refractivity contribution is -0.127. The average molecular weight is 454 g/mol. The Balaban J connectivity index is 1.67. The second kappa shape index (κ2) is 9.06. The summed E-state index contributed by atoms with van der Waals surface area (Å²) in [6, 6.07) is 11.5. The Labute approximate surface area is 190 Å². The molecule has 7 heteroatoms. The van der Waals surface area contributed by atoms with Crippen molar-refractivity contribution in [2.45, 2.75) is 49.3 Å². The molecule has 1 aliphatic rings. The fourth-order valence-electron chi connectivity index (χ4n) is 4.67. The molecule has 1 atom stereocenters. The highest BCUT2D eigenvalue weighted by atomic mass is 32.2. The molecule has 1 saturated carbocycles. The number of hydrogen-bond donors (Lipinski definition) is 1. The van der Waals surface area contributed by atoms with E-state index in [9.17, 15) is 13.2 Å². The summed E-state index contributed by atoms with van der Waals surface area (Å²) < 4.78 is 23.8. The van der Waals surface area contributed by atoms with Crippen LogP contribution in [0.3, 0.4) is 0 Å². The van der Waals surface area contributed by atoms with E-state index in [1.807, 2.05) is 18.2 Å². The summed E-state index contributed by atoms with van der Waals surface area (Å²) in [4.78, 5) is 22.1. The Bertz CT molecular complexity index is 1210. The number of benzene rings is 1. The third kappa shape index (κ3) is 5.04. The third-order valence-corrected chi connectivity index (χ3v) is 7.66. The first kappa shape index (κ1) is 22.5. The minimum absolute atomic E-state index is 0.0481. The molecular weight excluding hydrogens is 422 g/mol. The van der Waals surface area contributed by atoms with Gasteiger partial charge < -0.3 is 9.88 Å². The third-order valence-electron chi connectivity index (χ3n) is 6.53. The number of fused-ring (bicyclic) bond motifs is 1. The number of rotatable bonds is 7. The van der Waals surface area contributed by atoms with E-state index in [4.69, 9.17) is 0 Å². The second-order valence-electron chi connectivity index (χ2n) is 9.25. The van der Waals surface area contributed by atoms with Gasteiger partial charge in [0, 0.05) is 43.5 Å². The van der Waals surface area contributed by atoms with E-state index >= 15 is 0 Å². The van der Waals surface area contributed by atoms with Crippen molar-refractivity contribution in [1.82, 2.24) is 14.9 Å². The number of aromatic nitrogens is 2. The van der Waals surface area contributed by atoms with Crippen LogP contribution in [0, 0.1) is 5.92 Å². The van der Waals surface area contributed by atoms with Gasteiger partial charge in [0.25, 0.3) is 0 Å². The molecule has 0 radical (unpaired) electrons. The van der Waals surface area contributed by atoms with Gasteiger partial charge in [0.05, 0.1) is 11.3 Å². The quantitative estimate of drug-likeness (QED) is 0.578. The number of amides is 1. The van der Waals surface area contributed by atoms with Gasteiger partial charge in [-0.15, -0.1) is 0 Å². The van der Waals surface area contributed by atoms with E-state index in [0.29, 0.717) is 17.2 Å². The van der Waals surface area contributed by atoms with Crippen LogP contribution in [-0.2, 0) is 21.1 Å². The van der Waals surface area contributed by atoms with Crippen LogP contribution in [0.4, 0.5) is 0 Å². The largest absolute Gasteiger partial charge is 0.349 e. The molecular formula is C25H31N3O3S. The topological polar surface area (TPSA) is 83.1 Å². The summed E-state index contributed by atoms with van der Waals surface area (Å²) in [7, 11) is 0.288. The van der Waals surface area contributed by atoms with Crippen LogP contribution in [0.15, 0.2) is 47.5 Å². The second-order valence-corrected chi connectivity index (χ2v) is 11.3. The van der Waals surface area contributed by atoms with Crippen LogP contribution in [0.5, 0.6) is 0 Å². The van der Waals surface area contributed by atoms with Gasteiger partial charge in [0.2, 0.25) is 5.91 Å². The molecule has 1 aliphatic carbocycles. The molecule has 0 saturated heterocycles. The van der Waals surface area contributed by atoms with Gasteiger partial charge in [-0.3, -0.25) is 4.79 Å². The monoisotopic (exact) mass is 453 g/mol. The number of pyridine rings is 1. The van der Waals surface area contributed by atoms with Gasteiger partial charge in [0.1, 0.15) is 5.65 Å². The molecule has 1 aromatic carbocycles.